The van der Waals surface area contributed by atoms with Crippen molar-refractivity contribution < 1.29 is 4.74 Å². The van der Waals surface area contributed by atoms with Gasteiger partial charge in [-0.15, -0.1) is 0 Å². The standard InChI is InChI=1S/C16H22N2O/c1-4-9-17-12(2)13(3)19-15-8-7-14-6-5-10-18-16(14)11-15/h5-8,10-13,17H,4,9H2,1-3H3. The van der Waals surface area contributed by atoms with Gasteiger partial charge in [0.25, 0.3) is 0 Å². The monoisotopic (exact) mass is 258 g/mol. The molecular weight excluding hydrogens is 236 g/mol. The molecule has 1 aromatic heterocycles. The van der Waals surface area contributed by atoms with Crippen LogP contribution in [0.3, 0.4) is 0 Å². The van der Waals surface area contributed by atoms with Crippen LogP contribution in [0.5, 0.6) is 5.75 Å². The van der Waals surface area contributed by atoms with Gasteiger partial charge in [0.2, 0.25) is 0 Å². The number of rotatable bonds is 6. The van der Waals surface area contributed by atoms with Crippen molar-refractivity contribution in [1.82, 2.24) is 10.3 Å². The first-order valence-electron chi connectivity index (χ1n) is 6.95. The summed E-state index contributed by atoms with van der Waals surface area (Å²) in [6.45, 7) is 7.43. The van der Waals surface area contributed by atoms with Crippen LogP contribution in [0.25, 0.3) is 10.9 Å². The van der Waals surface area contributed by atoms with E-state index in [1.54, 1.807) is 6.20 Å². The average molecular weight is 258 g/mol. The number of ether oxygens (including phenoxy) is 1. The predicted octanol–water partition coefficient (Wildman–Crippen LogP) is 3.39. The summed E-state index contributed by atoms with van der Waals surface area (Å²) in [6.07, 6.45) is 3.07. The number of nitrogens with zero attached hydrogens (tertiary/aromatic N) is 1. The maximum atomic E-state index is 5.98. The van der Waals surface area contributed by atoms with Crippen LogP contribution in [0.1, 0.15) is 27.2 Å². The molecule has 0 aliphatic carbocycles. The lowest BCUT2D eigenvalue weighted by atomic mass is 10.2. The molecule has 0 aliphatic rings. The molecule has 0 bridgehead atoms. The topological polar surface area (TPSA) is 34.1 Å². The first-order valence-corrected chi connectivity index (χ1v) is 6.95. The Morgan fingerprint density at radius 2 is 2.11 bits per heavy atom. The van der Waals surface area contributed by atoms with Crippen LogP contribution in [-0.4, -0.2) is 23.7 Å². The summed E-state index contributed by atoms with van der Waals surface area (Å²) in [5.74, 6) is 0.879. The van der Waals surface area contributed by atoms with Crippen molar-refractivity contribution in [3.63, 3.8) is 0 Å². The lowest BCUT2D eigenvalue weighted by molar-refractivity contribution is 0.178. The minimum absolute atomic E-state index is 0.132. The van der Waals surface area contributed by atoms with E-state index in [4.69, 9.17) is 4.74 Å². The van der Waals surface area contributed by atoms with Crippen molar-refractivity contribution in [1.29, 1.82) is 0 Å². The maximum Gasteiger partial charge on any atom is 0.121 e. The number of hydrogen-bond acceptors (Lipinski definition) is 3. The van der Waals surface area contributed by atoms with Crippen LogP contribution in [0, 0.1) is 0 Å². The molecule has 0 aliphatic heterocycles. The average Bonchev–Trinajstić information content (AvgIpc) is 2.44. The van der Waals surface area contributed by atoms with Gasteiger partial charge in [-0.1, -0.05) is 13.0 Å². The Morgan fingerprint density at radius 1 is 1.26 bits per heavy atom. The van der Waals surface area contributed by atoms with E-state index < -0.39 is 0 Å². The first kappa shape index (κ1) is 13.8. The van der Waals surface area contributed by atoms with Crippen molar-refractivity contribution in [2.45, 2.75) is 39.3 Å². The van der Waals surface area contributed by atoms with Gasteiger partial charge < -0.3 is 10.1 Å². The van der Waals surface area contributed by atoms with Gasteiger partial charge in [0, 0.05) is 23.7 Å². The largest absolute Gasteiger partial charge is 0.489 e. The van der Waals surface area contributed by atoms with Crippen LogP contribution >= 0.6 is 0 Å². The van der Waals surface area contributed by atoms with Gasteiger partial charge in [-0.05, 0) is 45.0 Å². The van der Waals surface area contributed by atoms with Crippen molar-refractivity contribution in [2.75, 3.05) is 6.54 Å². The van der Waals surface area contributed by atoms with E-state index >= 15 is 0 Å². The Labute approximate surface area is 115 Å². The molecule has 1 N–H and O–H groups in total. The van der Waals surface area contributed by atoms with E-state index in [0.717, 1.165) is 29.6 Å². The third-order valence-electron chi connectivity index (χ3n) is 3.32. The van der Waals surface area contributed by atoms with Crippen LogP contribution in [0.2, 0.25) is 0 Å². The van der Waals surface area contributed by atoms with Crippen LogP contribution in [0.4, 0.5) is 0 Å². The molecule has 0 radical (unpaired) electrons. The van der Waals surface area contributed by atoms with Gasteiger partial charge in [0.1, 0.15) is 11.9 Å². The molecule has 1 aromatic carbocycles. The number of benzene rings is 1. The highest BCUT2D eigenvalue weighted by Crippen LogP contribution is 2.20. The summed E-state index contributed by atoms with van der Waals surface area (Å²) in [5.41, 5.74) is 0.973. The van der Waals surface area contributed by atoms with Gasteiger partial charge in [-0.25, -0.2) is 0 Å². The van der Waals surface area contributed by atoms with Gasteiger partial charge in [-0.2, -0.15) is 0 Å². The second kappa shape index (κ2) is 6.53. The fourth-order valence-corrected chi connectivity index (χ4v) is 1.97. The summed E-state index contributed by atoms with van der Waals surface area (Å²) < 4.78 is 5.98. The SMILES string of the molecule is CCCNC(C)C(C)Oc1ccc2cccnc2c1. The first-order chi connectivity index (χ1) is 9.20. The van der Waals surface area contributed by atoms with E-state index in [1.165, 1.54) is 0 Å². The third-order valence-corrected chi connectivity index (χ3v) is 3.32. The summed E-state index contributed by atoms with van der Waals surface area (Å²) in [4.78, 5) is 4.35. The number of hydrogen-bond donors (Lipinski definition) is 1. The lowest BCUT2D eigenvalue weighted by Gasteiger charge is -2.22. The second-order valence-corrected chi connectivity index (χ2v) is 4.92. The molecule has 0 amide bonds. The molecule has 0 saturated carbocycles. The second-order valence-electron chi connectivity index (χ2n) is 4.92. The number of nitrogens with one attached hydrogen (secondary N) is 1. The zero-order valence-electron chi connectivity index (χ0n) is 11.9. The highest BCUT2D eigenvalue weighted by molar-refractivity contribution is 5.79. The molecule has 2 rings (SSSR count). The molecule has 3 nitrogen and oxygen atoms in total. The van der Waals surface area contributed by atoms with Crippen molar-refractivity contribution >= 4 is 10.9 Å². The Hall–Kier alpha value is -1.61. The number of fused-ring (bicyclic) bond motifs is 1. The summed E-state index contributed by atoms with van der Waals surface area (Å²) in [6, 6.07) is 10.4. The van der Waals surface area contributed by atoms with Crippen molar-refractivity contribution in [3.05, 3.63) is 36.5 Å². The van der Waals surface area contributed by atoms with Gasteiger partial charge in [-0.3, -0.25) is 4.98 Å². The minimum Gasteiger partial charge on any atom is -0.489 e. The number of aromatic nitrogens is 1. The highest BCUT2D eigenvalue weighted by Gasteiger charge is 2.12. The molecule has 0 saturated heterocycles. The molecule has 3 heteroatoms. The fourth-order valence-electron chi connectivity index (χ4n) is 1.97. The summed E-state index contributed by atoms with van der Waals surface area (Å²) >= 11 is 0. The molecule has 1 heterocycles. The van der Waals surface area contributed by atoms with E-state index in [0.29, 0.717) is 6.04 Å². The Bertz CT molecular complexity index is 527. The van der Waals surface area contributed by atoms with Crippen LogP contribution in [-0.2, 0) is 0 Å². The van der Waals surface area contributed by atoms with Gasteiger partial charge in [0.05, 0.1) is 5.52 Å². The molecule has 0 fully saturated rings. The summed E-state index contributed by atoms with van der Waals surface area (Å²) in [5, 5.41) is 4.59. The quantitative estimate of drug-likeness (QED) is 0.862. The molecule has 2 atom stereocenters. The Kier molecular flexibility index (Phi) is 4.74. The molecule has 2 unspecified atom stereocenters. The molecule has 2 aromatic rings. The molecule has 0 spiro atoms. The van der Waals surface area contributed by atoms with Crippen LogP contribution < -0.4 is 10.1 Å². The predicted molar refractivity (Wildman–Crippen MR) is 79.6 cm³/mol. The maximum absolute atomic E-state index is 5.98. The van der Waals surface area contributed by atoms with E-state index in [9.17, 15) is 0 Å². The van der Waals surface area contributed by atoms with Crippen molar-refractivity contribution in [3.8, 4) is 5.75 Å². The highest BCUT2D eigenvalue weighted by atomic mass is 16.5. The van der Waals surface area contributed by atoms with Gasteiger partial charge in [0.15, 0.2) is 0 Å². The normalized spacial score (nSPS) is 14.3. The molecular formula is C16H22N2O. The van der Waals surface area contributed by atoms with Gasteiger partial charge >= 0.3 is 0 Å². The Morgan fingerprint density at radius 3 is 2.89 bits per heavy atom. The lowest BCUT2D eigenvalue weighted by Crippen LogP contribution is -2.39. The Balaban J connectivity index is 2.04. The van der Waals surface area contributed by atoms with E-state index in [-0.39, 0.29) is 6.10 Å². The van der Waals surface area contributed by atoms with E-state index in [2.05, 4.69) is 43.2 Å². The zero-order chi connectivity index (χ0) is 13.7. The minimum atomic E-state index is 0.132. The van der Waals surface area contributed by atoms with Crippen LogP contribution in [0.15, 0.2) is 36.5 Å². The zero-order valence-corrected chi connectivity index (χ0v) is 11.9. The molecule has 102 valence electrons. The molecule has 19 heavy (non-hydrogen) atoms. The third kappa shape index (κ3) is 3.67. The fraction of sp³-hybridized carbons (Fsp3) is 0.438. The number of pyridine rings is 1. The smallest absolute Gasteiger partial charge is 0.121 e. The van der Waals surface area contributed by atoms with Crippen molar-refractivity contribution in [2.24, 2.45) is 0 Å². The van der Waals surface area contributed by atoms with E-state index in [1.807, 2.05) is 18.2 Å². The summed E-state index contributed by atoms with van der Waals surface area (Å²) in [7, 11) is 0.